The number of fused-ring (bicyclic) bond motifs is 1. The van der Waals surface area contributed by atoms with Crippen molar-refractivity contribution in [3.63, 3.8) is 0 Å². The van der Waals surface area contributed by atoms with Gasteiger partial charge in [-0.05, 0) is 11.5 Å². The SMILES string of the molecule is c1ccc2c(OC[C@@H]3COSO3)cccc2c1. The van der Waals surface area contributed by atoms with Gasteiger partial charge < -0.3 is 4.74 Å². The second-order valence-corrected chi connectivity index (χ2v) is 4.42. The zero-order valence-corrected chi connectivity index (χ0v) is 9.98. The number of ether oxygens (including phenoxy) is 1. The lowest BCUT2D eigenvalue weighted by atomic mass is 10.1. The van der Waals surface area contributed by atoms with E-state index in [-0.39, 0.29) is 6.10 Å². The summed E-state index contributed by atoms with van der Waals surface area (Å²) in [6, 6.07) is 14.2. The van der Waals surface area contributed by atoms with Gasteiger partial charge in [0.05, 0.1) is 6.61 Å². The fraction of sp³-hybridized carbons (Fsp3) is 0.231. The van der Waals surface area contributed by atoms with Crippen molar-refractivity contribution < 1.29 is 13.1 Å². The van der Waals surface area contributed by atoms with Gasteiger partial charge >= 0.3 is 0 Å². The van der Waals surface area contributed by atoms with Gasteiger partial charge in [-0.2, -0.15) is 0 Å². The molecule has 3 nitrogen and oxygen atoms in total. The van der Waals surface area contributed by atoms with E-state index >= 15 is 0 Å². The predicted octanol–water partition coefficient (Wildman–Crippen LogP) is 3.20. The lowest BCUT2D eigenvalue weighted by Crippen LogP contribution is -2.19. The number of benzene rings is 2. The summed E-state index contributed by atoms with van der Waals surface area (Å²) in [4.78, 5) is 0. The molecule has 0 bridgehead atoms. The summed E-state index contributed by atoms with van der Waals surface area (Å²) in [6.45, 7) is 1.09. The Morgan fingerprint density at radius 1 is 1.18 bits per heavy atom. The number of hydrogen-bond acceptors (Lipinski definition) is 4. The van der Waals surface area contributed by atoms with Crippen LogP contribution >= 0.6 is 12.3 Å². The minimum Gasteiger partial charge on any atom is -0.490 e. The fourth-order valence-corrected chi connectivity index (χ4v) is 2.28. The first-order chi connectivity index (χ1) is 8.43. The Kier molecular flexibility index (Phi) is 3.18. The molecule has 88 valence electrons. The van der Waals surface area contributed by atoms with Gasteiger partial charge in [-0.25, -0.2) is 0 Å². The standard InChI is InChI=1S/C13H12O3S/c1-2-6-12-10(4-1)5-3-7-13(12)14-8-11-9-15-17-16-11/h1-7,11H,8-9H2/t11-/m1/s1. The maximum atomic E-state index is 5.78. The van der Waals surface area contributed by atoms with Gasteiger partial charge in [-0.1, -0.05) is 36.4 Å². The zero-order chi connectivity index (χ0) is 11.5. The first-order valence-electron chi connectivity index (χ1n) is 5.49. The summed E-state index contributed by atoms with van der Waals surface area (Å²) in [5.74, 6) is 0.892. The molecular weight excluding hydrogens is 236 g/mol. The Bertz CT molecular complexity index is 503. The van der Waals surface area contributed by atoms with Gasteiger partial charge in [0.1, 0.15) is 18.5 Å². The number of rotatable bonds is 3. The van der Waals surface area contributed by atoms with Gasteiger partial charge in [0.25, 0.3) is 0 Å². The van der Waals surface area contributed by atoms with E-state index in [0.29, 0.717) is 13.2 Å². The Labute approximate surface area is 104 Å². The highest BCUT2D eigenvalue weighted by Crippen LogP contribution is 2.26. The van der Waals surface area contributed by atoms with Crippen LogP contribution in [0.5, 0.6) is 5.75 Å². The smallest absolute Gasteiger partial charge is 0.159 e. The highest BCUT2D eigenvalue weighted by Gasteiger charge is 2.19. The molecule has 1 fully saturated rings. The Balaban J connectivity index is 1.79. The Morgan fingerprint density at radius 3 is 2.94 bits per heavy atom. The molecule has 0 aromatic heterocycles. The van der Waals surface area contributed by atoms with Crippen LogP contribution in [0.1, 0.15) is 0 Å². The van der Waals surface area contributed by atoms with Crippen molar-refractivity contribution in [2.45, 2.75) is 6.10 Å². The molecule has 1 heterocycles. The van der Waals surface area contributed by atoms with E-state index in [0.717, 1.165) is 23.5 Å². The van der Waals surface area contributed by atoms with Gasteiger partial charge in [0.15, 0.2) is 12.3 Å². The maximum absolute atomic E-state index is 5.78. The van der Waals surface area contributed by atoms with Gasteiger partial charge in [0.2, 0.25) is 0 Å². The molecule has 0 radical (unpaired) electrons. The second-order valence-electron chi connectivity index (χ2n) is 3.86. The Morgan fingerprint density at radius 2 is 2.06 bits per heavy atom. The van der Waals surface area contributed by atoms with Crippen LogP contribution in [0.4, 0.5) is 0 Å². The second kappa shape index (κ2) is 4.96. The quantitative estimate of drug-likeness (QED) is 0.780. The van der Waals surface area contributed by atoms with Crippen molar-refractivity contribution in [1.82, 2.24) is 0 Å². The van der Waals surface area contributed by atoms with E-state index in [2.05, 4.69) is 18.2 Å². The molecule has 17 heavy (non-hydrogen) atoms. The third-order valence-electron chi connectivity index (χ3n) is 2.65. The molecule has 2 aromatic carbocycles. The van der Waals surface area contributed by atoms with Crippen LogP contribution in [-0.4, -0.2) is 19.3 Å². The van der Waals surface area contributed by atoms with Crippen molar-refractivity contribution in [2.75, 3.05) is 13.2 Å². The molecule has 1 aliphatic rings. The van der Waals surface area contributed by atoms with Crippen LogP contribution in [0.3, 0.4) is 0 Å². The molecule has 0 unspecified atom stereocenters. The first-order valence-corrected chi connectivity index (χ1v) is 6.16. The van der Waals surface area contributed by atoms with E-state index < -0.39 is 0 Å². The van der Waals surface area contributed by atoms with Gasteiger partial charge in [-0.3, -0.25) is 8.37 Å². The van der Waals surface area contributed by atoms with Gasteiger partial charge in [-0.15, -0.1) is 0 Å². The van der Waals surface area contributed by atoms with E-state index in [1.807, 2.05) is 24.3 Å². The minimum absolute atomic E-state index is 0.0129. The molecule has 4 heteroatoms. The average Bonchev–Trinajstić information content (AvgIpc) is 2.89. The molecule has 0 N–H and O–H groups in total. The van der Waals surface area contributed by atoms with Crippen molar-refractivity contribution in [2.24, 2.45) is 0 Å². The van der Waals surface area contributed by atoms with Gasteiger partial charge in [0, 0.05) is 5.39 Å². The van der Waals surface area contributed by atoms with Crippen LogP contribution in [0, 0.1) is 0 Å². The monoisotopic (exact) mass is 248 g/mol. The minimum atomic E-state index is 0.0129. The summed E-state index contributed by atoms with van der Waals surface area (Å²) in [5.41, 5.74) is 0. The molecule has 0 aliphatic carbocycles. The summed E-state index contributed by atoms with van der Waals surface area (Å²) < 4.78 is 16.1. The first kappa shape index (κ1) is 10.9. The molecule has 3 rings (SSSR count). The molecular formula is C13H12O3S. The molecule has 0 saturated carbocycles. The normalized spacial score (nSPS) is 19.6. The largest absolute Gasteiger partial charge is 0.490 e. The van der Waals surface area contributed by atoms with Crippen LogP contribution in [-0.2, 0) is 8.37 Å². The summed E-state index contributed by atoms with van der Waals surface area (Å²) >= 11 is 1.04. The van der Waals surface area contributed by atoms with Crippen molar-refractivity contribution in [1.29, 1.82) is 0 Å². The van der Waals surface area contributed by atoms with E-state index in [1.54, 1.807) is 0 Å². The van der Waals surface area contributed by atoms with Crippen LogP contribution < -0.4 is 4.74 Å². The van der Waals surface area contributed by atoms with Crippen molar-refractivity contribution in [3.8, 4) is 5.75 Å². The lowest BCUT2D eigenvalue weighted by Gasteiger charge is -2.11. The zero-order valence-electron chi connectivity index (χ0n) is 9.17. The van der Waals surface area contributed by atoms with E-state index in [9.17, 15) is 0 Å². The summed E-state index contributed by atoms with van der Waals surface area (Å²) in [7, 11) is 0. The molecule has 0 amide bonds. The molecule has 1 saturated heterocycles. The molecule has 0 spiro atoms. The Hall–Kier alpha value is -1.23. The fourth-order valence-electron chi connectivity index (χ4n) is 1.79. The maximum Gasteiger partial charge on any atom is 0.159 e. The van der Waals surface area contributed by atoms with Crippen molar-refractivity contribution in [3.05, 3.63) is 42.5 Å². The topological polar surface area (TPSA) is 27.7 Å². The molecule has 2 aromatic rings. The van der Waals surface area contributed by atoms with Crippen LogP contribution in [0.2, 0.25) is 0 Å². The lowest BCUT2D eigenvalue weighted by molar-refractivity contribution is 0.154. The third kappa shape index (κ3) is 2.39. The predicted molar refractivity (Wildman–Crippen MR) is 67.9 cm³/mol. The molecule has 1 atom stereocenters. The van der Waals surface area contributed by atoms with E-state index in [4.69, 9.17) is 13.1 Å². The van der Waals surface area contributed by atoms with Crippen LogP contribution in [0.15, 0.2) is 42.5 Å². The van der Waals surface area contributed by atoms with E-state index in [1.165, 1.54) is 5.39 Å². The number of hydrogen-bond donors (Lipinski definition) is 0. The average molecular weight is 248 g/mol. The molecule has 1 aliphatic heterocycles. The summed E-state index contributed by atoms with van der Waals surface area (Å²) in [6.07, 6.45) is 0.0129. The third-order valence-corrected chi connectivity index (χ3v) is 3.23. The van der Waals surface area contributed by atoms with Crippen LogP contribution in [0.25, 0.3) is 10.8 Å². The van der Waals surface area contributed by atoms with Crippen molar-refractivity contribution >= 4 is 23.1 Å². The highest BCUT2D eigenvalue weighted by molar-refractivity contribution is 7.90. The summed E-state index contributed by atoms with van der Waals surface area (Å²) in [5, 5.41) is 2.31. The highest BCUT2D eigenvalue weighted by atomic mass is 32.2.